The molecule has 1 aliphatic heterocycles. The molecule has 180 valence electrons. The molecule has 4 rings (SSSR count). The Kier molecular flexibility index (Phi) is 8.34. The molecular formula is C26H30F2N4O2. The number of carbonyl (C=O) groups excluding carboxylic acids is 1. The van der Waals surface area contributed by atoms with Crippen molar-refractivity contribution in [1.82, 2.24) is 11.0 Å². The van der Waals surface area contributed by atoms with Crippen LogP contribution in [0.5, 0.6) is 5.75 Å². The minimum Gasteiger partial charge on any atom is -0.496 e. The Morgan fingerprint density at radius 2 is 1.82 bits per heavy atom. The van der Waals surface area contributed by atoms with E-state index < -0.39 is 23.1 Å². The number of rotatable bonds is 6. The number of hydrazine groups is 2. The van der Waals surface area contributed by atoms with Gasteiger partial charge in [-0.2, -0.15) is 5.53 Å². The van der Waals surface area contributed by atoms with Gasteiger partial charge in [-0.15, -0.1) is 0 Å². The predicted octanol–water partition coefficient (Wildman–Crippen LogP) is 5.71. The maximum atomic E-state index is 13.8. The zero-order valence-corrected chi connectivity index (χ0v) is 19.4. The summed E-state index contributed by atoms with van der Waals surface area (Å²) in [6, 6.07) is 16.2. The van der Waals surface area contributed by atoms with E-state index >= 15 is 0 Å². The molecule has 1 unspecified atom stereocenters. The first-order chi connectivity index (χ1) is 16.5. The van der Waals surface area contributed by atoms with E-state index in [0.29, 0.717) is 12.2 Å². The van der Waals surface area contributed by atoms with E-state index in [9.17, 15) is 13.6 Å². The summed E-state index contributed by atoms with van der Waals surface area (Å²) in [4.78, 5) is 12.3. The molecule has 0 bridgehead atoms. The van der Waals surface area contributed by atoms with Crippen LogP contribution in [0.3, 0.4) is 0 Å². The highest BCUT2D eigenvalue weighted by Crippen LogP contribution is 2.32. The van der Waals surface area contributed by atoms with Crippen LogP contribution >= 0.6 is 0 Å². The van der Waals surface area contributed by atoms with Crippen LogP contribution in [0.15, 0.2) is 67.2 Å². The standard InChI is InChI=1S/C24H22F2N4O2.C2H6.H2/c1-3-15-7-8-16(13-22(15)32-2)21-14-27-29-30(21)18-11-9-17(10-12-18)28-24(31)23-19(25)5-4-6-20(23)26;1-2;/h3-13,21,27,29H,1,14H2,2H3,(H,28,31);1-2H3;1H. The van der Waals surface area contributed by atoms with Crippen LogP contribution in [0.2, 0.25) is 0 Å². The SMILES string of the molecule is C=Cc1ccc(C2CNNN2c2ccc(NC(=O)c3c(F)cccc3F)cc2)cc1OC.CC.[HH]. The van der Waals surface area contributed by atoms with Crippen molar-refractivity contribution in [2.75, 3.05) is 24.0 Å². The van der Waals surface area contributed by atoms with Crippen LogP contribution in [0.4, 0.5) is 20.2 Å². The van der Waals surface area contributed by atoms with Gasteiger partial charge < -0.3 is 10.1 Å². The maximum Gasteiger partial charge on any atom is 0.261 e. The lowest BCUT2D eigenvalue weighted by Crippen LogP contribution is -2.36. The second-order valence-corrected chi connectivity index (χ2v) is 7.18. The first-order valence-electron chi connectivity index (χ1n) is 11.0. The summed E-state index contributed by atoms with van der Waals surface area (Å²) in [5, 5.41) is 4.48. The third-order valence-corrected chi connectivity index (χ3v) is 5.26. The fourth-order valence-electron chi connectivity index (χ4n) is 3.63. The van der Waals surface area contributed by atoms with Crippen molar-refractivity contribution >= 4 is 23.4 Å². The number of hydrogen-bond acceptors (Lipinski definition) is 5. The number of amides is 1. The first-order valence-corrected chi connectivity index (χ1v) is 11.0. The zero-order chi connectivity index (χ0) is 24.7. The summed E-state index contributed by atoms with van der Waals surface area (Å²) < 4.78 is 33.1. The zero-order valence-electron chi connectivity index (χ0n) is 19.4. The van der Waals surface area contributed by atoms with Gasteiger partial charge in [0.15, 0.2) is 0 Å². The number of halogens is 2. The molecule has 0 radical (unpaired) electrons. The normalized spacial score (nSPS) is 14.7. The molecule has 0 saturated carbocycles. The fraction of sp³-hybridized carbons (Fsp3) is 0.192. The Labute approximate surface area is 199 Å². The number of nitrogens with zero attached hydrogens (tertiary/aromatic N) is 1. The van der Waals surface area contributed by atoms with Gasteiger partial charge in [-0.25, -0.2) is 14.2 Å². The van der Waals surface area contributed by atoms with Crippen LogP contribution in [0, 0.1) is 11.6 Å². The molecule has 1 saturated heterocycles. The summed E-state index contributed by atoms with van der Waals surface area (Å²) in [5.41, 5.74) is 8.84. The average Bonchev–Trinajstić information content (AvgIpc) is 3.35. The van der Waals surface area contributed by atoms with E-state index in [4.69, 9.17) is 4.74 Å². The van der Waals surface area contributed by atoms with Gasteiger partial charge in [-0.3, -0.25) is 9.80 Å². The van der Waals surface area contributed by atoms with Crippen molar-refractivity contribution in [3.63, 3.8) is 0 Å². The number of carbonyl (C=O) groups is 1. The van der Waals surface area contributed by atoms with Crippen molar-refractivity contribution in [3.8, 4) is 5.75 Å². The fourth-order valence-corrected chi connectivity index (χ4v) is 3.63. The van der Waals surface area contributed by atoms with Crippen molar-refractivity contribution in [2.45, 2.75) is 19.9 Å². The minimum atomic E-state index is -0.910. The minimum absolute atomic E-state index is 0. The Balaban J connectivity index is 0.00000140. The van der Waals surface area contributed by atoms with Crippen molar-refractivity contribution in [1.29, 1.82) is 0 Å². The van der Waals surface area contributed by atoms with Crippen LogP contribution in [0.1, 0.15) is 42.8 Å². The number of benzene rings is 3. The second kappa shape index (κ2) is 11.4. The average molecular weight is 469 g/mol. The molecule has 1 amide bonds. The smallest absolute Gasteiger partial charge is 0.261 e. The molecule has 0 aromatic heterocycles. The van der Waals surface area contributed by atoms with Gasteiger partial charge in [-0.05, 0) is 48.0 Å². The van der Waals surface area contributed by atoms with Crippen LogP contribution in [-0.4, -0.2) is 19.6 Å². The Bertz CT molecular complexity index is 1140. The van der Waals surface area contributed by atoms with Gasteiger partial charge in [0, 0.05) is 19.2 Å². The molecule has 6 nitrogen and oxygen atoms in total. The molecule has 3 N–H and O–H groups in total. The monoisotopic (exact) mass is 468 g/mol. The Morgan fingerprint density at radius 3 is 2.44 bits per heavy atom. The maximum absolute atomic E-state index is 13.8. The van der Waals surface area contributed by atoms with Crippen molar-refractivity contribution in [3.05, 3.63) is 95.6 Å². The van der Waals surface area contributed by atoms with Gasteiger partial charge in [0.2, 0.25) is 0 Å². The summed E-state index contributed by atoms with van der Waals surface area (Å²) in [6.45, 7) is 8.45. The largest absolute Gasteiger partial charge is 0.496 e. The van der Waals surface area contributed by atoms with E-state index in [1.165, 1.54) is 6.07 Å². The molecule has 34 heavy (non-hydrogen) atoms. The Morgan fingerprint density at radius 1 is 1.15 bits per heavy atom. The van der Waals surface area contributed by atoms with E-state index in [0.717, 1.165) is 34.7 Å². The quantitative estimate of drug-likeness (QED) is 0.432. The summed E-state index contributed by atoms with van der Waals surface area (Å²) >= 11 is 0. The van der Waals surface area contributed by atoms with Crippen LogP contribution in [0.25, 0.3) is 6.08 Å². The van der Waals surface area contributed by atoms with Gasteiger partial charge in [0.05, 0.1) is 18.8 Å². The van der Waals surface area contributed by atoms with E-state index in [1.54, 1.807) is 37.5 Å². The lowest BCUT2D eigenvalue weighted by molar-refractivity contribution is 0.101. The highest BCUT2D eigenvalue weighted by Gasteiger charge is 2.27. The van der Waals surface area contributed by atoms with Crippen molar-refractivity contribution in [2.24, 2.45) is 0 Å². The molecule has 1 aliphatic rings. The lowest BCUT2D eigenvalue weighted by Gasteiger charge is -2.26. The number of ether oxygens (including phenoxy) is 1. The topological polar surface area (TPSA) is 65.6 Å². The molecular weight excluding hydrogens is 438 g/mol. The number of methoxy groups -OCH3 is 1. The van der Waals surface area contributed by atoms with E-state index in [1.807, 2.05) is 37.1 Å². The second-order valence-electron chi connectivity index (χ2n) is 7.18. The third kappa shape index (κ3) is 5.24. The molecule has 1 atom stereocenters. The number of nitrogens with one attached hydrogen (secondary N) is 3. The van der Waals surface area contributed by atoms with Gasteiger partial charge >= 0.3 is 0 Å². The van der Waals surface area contributed by atoms with Gasteiger partial charge in [-0.1, -0.05) is 44.7 Å². The molecule has 1 fully saturated rings. The van der Waals surface area contributed by atoms with Crippen LogP contribution in [-0.2, 0) is 0 Å². The molecule has 1 heterocycles. The molecule has 3 aromatic rings. The van der Waals surface area contributed by atoms with Crippen molar-refractivity contribution < 1.29 is 19.7 Å². The van der Waals surface area contributed by atoms with E-state index in [2.05, 4.69) is 22.9 Å². The molecule has 0 aliphatic carbocycles. The van der Waals surface area contributed by atoms with E-state index in [-0.39, 0.29) is 7.47 Å². The molecule has 3 aromatic carbocycles. The van der Waals surface area contributed by atoms with Gasteiger partial charge in [0.25, 0.3) is 5.91 Å². The van der Waals surface area contributed by atoms with Crippen LogP contribution < -0.4 is 26.0 Å². The summed E-state index contributed by atoms with van der Waals surface area (Å²) in [7, 11) is 1.62. The summed E-state index contributed by atoms with van der Waals surface area (Å²) in [5.74, 6) is -1.93. The highest BCUT2D eigenvalue weighted by atomic mass is 19.1. The number of hydrogen-bond donors (Lipinski definition) is 3. The third-order valence-electron chi connectivity index (χ3n) is 5.26. The summed E-state index contributed by atoms with van der Waals surface area (Å²) in [6.07, 6.45) is 1.74. The van der Waals surface area contributed by atoms with Gasteiger partial charge in [0.1, 0.15) is 22.9 Å². The lowest BCUT2D eigenvalue weighted by atomic mass is 10.0. The highest BCUT2D eigenvalue weighted by molar-refractivity contribution is 6.04. The predicted molar refractivity (Wildman–Crippen MR) is 134 cm³/mol. The first kappa shape index (κ1) is 24.9. The molecule has 8 heteroatoms. The number of anilines is 2. The Hall–Kier alpha value is -3.75. The molecule has 0 spiro atoms.